The molecule has 0 aliphatic heterocycles. The van der Waals surface area contributed by atoms with Gasteiger partial charge in [-0.2, -0.15) is 0 Å². The molecule has 0 saturated heterocycles. The quantitative estimate of drug-likeness (QED) is 0.777. The summed E-state index contributed by atoms with van der Waals surface area (Å²) in [6.07, 6.45) is -0.578. The molecule has 1 N–H and O–H groups in total. The van der Waals surface area contributed by atoms with Gasteiger partial charge in [0.1, 0.15) is 11.3 Å². The maximum absolute atomic E-state index is 12.1. The highest BCUT2D eigenvalue weighted by atomic mass is 16.6. The Morgan fingerprint density at radius 2 is 1.91 bits per heavy atom. The van der Waals surface area contributed by atoms with Crippen LogP contribution in [0.5, 0.6) is 5.75 Å². The van der Waals surface area contributed by atoms with E-state index in [1.807, 2.05) is 20.8 Å². The van der Waals surface area contributed by atoms with Gasteiger partial charge >= 0.3 is 11.9 Å². The lowest BCUT2D eigenvalue weighted by Crippen LogP contribution is -2.36. The molecule has 0 aliphatic rings. The number of carbonyl (C=O) groups excluding carboxylic acids is 1. The Morgan fingerprint density at radius 1 is 1.26 bits per heavy atom. The van der Waals surface area contributed by atoms with Gasteiger partial charge in [0.15, 0.2) is 6.10 Å². The fourth-order valence-corrected chi connectivity index (χ4v) is 2.10. The Kier molecular flexibility index (Phi) is 6.57. The molecule has 0 aromatic heterocycles. The van der Waals surface area contributed by atoms with Gasteiger partial charge in [-0.3, -0.25) is 0 Å². The second kappa shape index (κ2) is 7.97. The van der Waals surface area contributed by atoms with Crippen LogP contribution in [-0.2, 0) is 20.7 Å². The molecule has 1 rings (SSSR count). The summed E-state index contributed by atoms with van der Waals surface area (Å²) >= 11 is 0. The van der Waals surface area contributed by atoms with Crippen LogP contribution < -0.4 is 4.74 Å². The lowest BCUT2D eigenvalue weighted by molar-refractivity contribution is -0.165. The van der Waals surface area contributed by atoms with Crippen molar-refractivity contribution < 1.29 is 28.9 Å². The van der Waals surface area contributed by atoms with E-state index >= 15 is 0 Å². The number of carbonyl (C=O) groups is 2. The third-order valence-corrected chi connectivity index (χ3v) is 2.96. The number of carboxylic acid groups (broad SMARTS) is 1. The Labute approximate surface area is 136 Å². The molecule has 0 radical (unpaired) electrons. The molecule has 1 unspecified atom stereocenters. The Balaban J connectivity index is 3.05. The number of esters is 1. The summed E-state index contributed by atoms with van der Waals surface area (Å²) in [5.74, 6) is -1.28. The number of hydrogen-bond acceptors (Lipinski definition) is 5. The van der Waals surface area contributed by atoms with Crippen molar-refractivity contribution in [2.24, 2.45) is 0 Å². The van der Waals surface area contributed by atoms with Crippen molar-refractivity contribution in [3.05, 3.63) is 29.3 Å². The molecular formula is C17H24O6. The summed E-state index contributed by atoms with van der Waals surface area (Å²) < 4.78 is 15.8. The average Bonchev–Trinajstić information content (AvgIpc) is 2.45. The summed E-state index contributed by atoms with van der Waals surface area (Å²) in [6, 6.07) is 4.76. The van der Waals surface area contributed by atoms with Crippen LogP contribution in [0.4, 0.5) is 0 Å². The molecule has 0 bridgehead atoms. The molecule has 0 spiro atoms. The first kappa shape index (κ1) is 19.0. The van der Waals surface area contributed by atoms with Crippen LogP contribution in [0.25, 0.3) is 0 Å². The molecule has 1 aromatic rings. The fraction of sp³-hybridized carbons (Fsp3) is 0.529. The largest absolute Gasteiger partial charge is 0.496 e. The molecule has 6 nitrogen and oxygen atoms in total. The fourth-order valence-electron chi connectivity index (χ4n) is 2.10. The SMILES string of the molecule is CCOC(=O)C(Cc1ccc(OC)c(C(=O)O)c1)OC(C)(C)C. The third-order valence-electron chi connectivity index (χ3n) is 2.96. The summed E-state index contributed by atoms with van der Waals surface area (Å²) in [6.45, 7) is 7.51. The number of benzene rings is 1. The van der Waals surface area contributed by atoms with Gasteiger partial charge in [0, 0.05) is 6.42 Å². The van der Waals surface area contributed by atoms with Crippen molar-refractivity contribution in [1.82, 2.24) is 0 Å². The minimum absolute atomic E-state index is 0.0448. The van der Waals surface area contributed by atoms with Gasteiger partial charge < -0.3 is 19.3 Å². The second-order valence-electron chi connectivity index (χ2n) is 6.01. The number of aromatic carboxylic acids is 1. The average molecular weight is 324 g/mol. The first-order valence-electron chi connectivity index (χ1n) is 7.42. The van der Waals surface area contributed by atoms with Gasteiger partial charge in [-0.05, 0) is 45.4 Å². The van der Waals surface area contributed by atoms with Crippen LogP contribution in [0.15, 0.2) is 18.2 Å². The Bertz CT molecular complexity index is 559. The van der Waals surface area contributed by atoms with Crippen LogP contribution in [0.1, 0.15) is 43.6 Å². The highest BCUT2D eigenvalue weighted by Gasteiger charge is 2.27. The van der Waals surface area contributed by atoms with Crippen LogP contribution >= 0.6 is 0 Å². The maximum Gasteiger partial charge on any atom is 0.339 e. The molecule has 0 saturated carbocycles. The lowest BCUT2D eigenvalue weighted by Gasteiger charge is -2.26. The highest BCUT2D eigenvalue weighted by molar-refractivity contribution is 5.91. The highest BCUT2D eigenvalue weighted by Crippen LogP contribution is 2.22. The smallest absolute Gasteiger partial charge is 0.339 e. The number of ether oxygens (including phenoxy) is 3. The summed E-state index contributed by atoms with van der Waals surface area (Å²) in [5.41, 5.74) is 0.174. The van der Waals surface area contributed by atoms with E-state index in [4.69, 9.17) is 14.2 Å². The first-order valence-corrected chi connectivity index (χ1v) is 7.42. The summed E-state index contributed by atoms with van der Waals surface area (Å²) in [5, 5.41) is 9.23. The predicted octanol–water partition coefficient (Wildman–Crippen LogP) is 2.68. The lowest BCUT2D eigenvalue weighted by atomic mass is 10.0. The Hall–Kier alpha value is -2.08. The maximum atomic E-state index is 12.1. The van der Waals surface area contributed by atoms with Crippen molar-refractivity contribution in [2.45, 2.75) is 45.8 Å². The van der Waals surface area contributed by atoms with Crippen molar-refractivity contribution in [3.8, 4) is 5.75 Å². The van der Waals surface area contributed by atoms with Gasteiger partial charge in [0.2, 0.25) is 0 Å². The Morgan fingerprint density at radius 3 is 2.39 bits per heavy atom. The zero-order valence-corrected chi connectivity index (χ0v) is 14.2. The molecular weight excluding hydrogens is 300 g/mol. The number of carboxylic acids is 1. The van der Waals surface area contributed by atoms with Crippen molar-refractivity contribution in [2.75, 3.05) is 13.7 Å². The summed E-state index contributed by atoms with van der Waals surface area (Å²) in [7, 11) is 1.41. The van der Waals surface area contributed by atoms with E-state index in [0.29, 0.717) is 5.56 Å². The summed E-state index contributed by atoms with van der Waals surface area (Å²) in [4.78, 5) is 23.4. The molecule has 0 aliphatic carbocycles. The minimum atomic E-state index is -1.09. The second-order valence-corrected chi connectivity index (χ2v) is 6.01. The van der Waals surface area contributed by atoms with E-state index in [9.17, 15) is 14.7 Å². The van der Waals surface area contributed by atoms with Gasteiger partial charge in [0.05, 0.1) is 19.3 Å². The number of hydrogen-bond donors (Lipinski definition) is 1. The molecule has 0 amide bonds. The first-order chi connectivity index (χ1) is 10.7. The van der Waals surface area contributed by atoms with Crippen molar-refractivity contribution in [3.63, 3.8) is 0 Å². The van der Waals surface area contributed by atoms with Crippen molar-refractivity contribution >= 4 is 11.9 Å². The van der Waals surface area contributed by atoms with Gasteiger partial charge in [0.25, 0.3) is 0 Å². The van der Waals surface area contributed by atoms with Crippen LogP contribution in [0, 0.1) is 0 Å². The third kappa shape index (κ3) is 5.90. The van der Waals surface area contributed by atoms with E-state index < -0.39 is 23.6 Å². The van der Waals surface area contributed by atoms with Gasteiger partial charge in [-0.1, -0.05) is 6.07 Å². The molecule has 6 heteroatoms. The van der Waals surface area contributed by atoms with E-state index in [-0.39, 0.29) is 24.3 Å². The predicted molar refractivity (Wildman–Crippen MR) is 84.9 cm³/mol. The molecule has 128 valence electrons. The van der Waals surface area contributed by atoms with E-state index in [0.717, 1.165) is 0 Å². The standard InChI is InChI=1S/C17H24O6/c1-6-22-16(20)14(23-17(2,3)4)10-11-7-8-13(21-5)12(9-11)15(18)19/h7-9,14H,6,10H2,1-5H3,(H,18,19). The molecule has 1 aromatic carbocycles. The molecule has 0 fully saturated rings. The van der Waals surface area contributed by atoms with E-state index in [1.165, 1.54) is 13.2 Å². The zero-order chi connectivity index (χ0) is 17.6. The van der Waals surface area contributed by atoms with Gasteiger partial charge in [-0.15, -0.1) is 0 Å². The van der Waals surface area contributed by atoms with Crippen LogP contribution in [0.3, 0.4) is 0 Å². The zero-order valence-electron chi connectivity index (χ0n) is 14.2. The van der Waals surface area contributed by atoms with E-state index in [2.05, 4.69) is 0 Å². The number of methoxy groups -OCH3 is 1. The topological polar surface area (TPSA) is 82.1 Å². The molecule has 0 heterocycles. The normalized spacial score (nSPS) is 12.6. The number of rotatable bonds is 7. The molecule has 23 heavy (non-hydrogen) atoms. The van der Waals surface area contributed by atoms with Crippen LogP contribution in [-0.4, -0.2) is 42.5 Å². The molecule has 1 atom stereocenters. The van der Waals surface area contributed by atoms with Crippen molar-refractivity contribution in [1.29, 1.82) is 0 Å². The van der Waals surface area contributed by atoms with Gasteiger partial charge in [-0.25, -0.2) is 9.59 Å². The van der Waals surface area contributed by atoms with Crippen LogP contribution in [0.2, 0.25) is 0 Å². The van der Waals surface area contributed by atoms with E-state index in [1.54, 1.807) is 19.1 Å². The minimum Gasteiger partial charge on any atom is -0.496 e. The monoisotopic (exact) mass is 324 g/mol.